The molecule has 0 bridgehead atoms. The number of hydrogen-bond donors (Lipinski definition) is 2. The van der Waals surface area contributed by atoms with E-state index in [9.17, 15) is 4.79 Å². The summed E-state index contributed by atoms with van der Waals surface area (Å²) in [5.74, 6) is 0.385. The van der Waals surface area contributed by atoms with Crippen LogP contribution in [-0.4, -0.2) is 32.2 Å². The first-order valence-electron chi connectivity index (χ1n) is 7.03. The molecule has 2 N–H and O–H groups in total. The summed E-state index contributed by atoms with van der Waals surface area (Å²) < 4.78 is 1.68. The van der Waals surface area contributed by atoms with E-state index in [1.54, 1.807) is 17.1 Å². The van der Waals surface area contributed by atoms with Crippen LogP contribution in [0.25, 0.3) is 0 Å². The topological polar surface area (TPSA) is 84.7 Å². The maximum absolute atomic E-state index is 12.1. The molecule has 0 aliphatic carbocycles. The molecule has 0 radical (unpaired) electrons. The summed E-state index contributed by atoms with van der Waals surface area (Å²) in [4.78, 5) is 20.4. The first-order valence-corrected chi connectivity index (χ1v) is 7.03. The summed E-state index contributed by atoms with van der Waals surface area (Å²) in [7, 11) is 1.82. The fraction of sp³-hybridized carbons (Fsp3) is 0.429. The van der Waals surface area contributed by atoms with Gasteiger partial charge in [0.1, 0.15) is 11.5 Å². The van der Waals surface area contributed by atoms with Crippen LogP contribution in [0.2, 0.25) is 0 Å². The lowest BCUT2D eigenvalue weighted by Gasteiger charge is -2.05. The smallest absolute Gasteiger partial charge is 0.275 e. The summed E-state index contributed by atoms with van der Waals surface area (Å²) in [6.07, 6.45) is 6.57. The number of carbonyl (C=O) groups excluding carboxylic acids is 1. The lowest BCUT2D eigenvalue weighted by molar-refractivity contribution is 0.102. The standard InChI is InChI=1S/C14H20N6O/c1-4-6-15-13-8-16-11(7-17-13)14(21)18-12-9-20(3)19-10(12)5-2/h7-9H,4-6H2,1-3H3,(H,15,17)(H,18,21). The molecule has 7 heteroatoms. The molecule has 0 unspecified atom stereocenters. The van der Waals surface area contributed by atoms with Crippen LogP contribution in [0.5, 0.6) is 0 Å². The van der Waals surface area contributed by atoms with Gasteiger partial charge in [-0.3, -0.25) is 9.48 Å². The molecular formula is C14H20N6O. The molecule has 0 aliphatic rings. The van der Waals surface area contributed by atoms with E-state index in [4.69, 9.17) is 0 Å². The number of aryl methyl sites for hydroxylation is 2. The molecule has 7 nitrogen and oxygen atoms in total. The number of amides is 1. The van der Waals surface area contributed by atoms with Crippen LogP contribution in [0.4, 0.5) is 11.5 Å². The third-order valence-corrected chi connectivity index (χ3v) is 2.93. The summed E-state index contributed by atoms with van der Waals surface area (Å²) in [6, 6.07) is 0. The lowest BCUT2D eigenvalue weighted by Crippen LogP contribution is -2.15. The Labute approximate surface area is 123 Å². The van der Waals surface area contributed by atoms with E-state index in [0.29, 0.717) is 11.5 Å². The van der Waals surface area contributed by atoms with E-state index >= 15 is 0 Å². The van der Waals surface area contributed by atoms with E-state index in [0.717, 1.165) is 25.1 Å². The monoisotopic (exact) mass is 288 g/mol. The summed E-state index contributed by atoms with van der Waals surface area (Å²) in [5, 5.41) is 10.2. The van der Waals surface area contributed by atoms with Gasteiger partial charge < -0.3 is 10.6 Å². The van der Waals surface area contributed by atoms with Gasteiger partial charge in [0, 0.05) is 19.8 Å². The average molecular weight is 288 g/mol. The first-order chi connectivity index (χ1) is 10.1. The normalized spacial score (nSPS) is 10.4. The van der Waals surface area contributed by atoms with Crippen molar-refractivity contribution in [2.45, 2.75) is 26.7 Å². The van der Waals surface area contributed by atoms with Crippen molar-refractivity contribution in [1.82, 2.24) is 19.7 Å². The third-order valence-electron chi connectivity index (χ3n) is 2.93. The maximum atomic E-state index is 12.1. The van der Waals surface area contributed by atoms with Gasteiger partial charge in [0.25, 0.3) is 5.91 Å². The minimum absolute atomic E-state index is 0.281. The van der Waals surface area contributed by atoms with Gasteiger partial charge in [0.2, 0.25) is 0 Å². The van der Waals surface area contributed by atoms with Gasteiger partial charge in [-0.05, 0) is 12.8 Å². The summed E-state index contributed by atoms with van der Waals surface area (Å²) >= 11 is 0. The lowest BCUT2D eigenvalue weighted by atomic mass is 10.3. The SMILES string of the molecule is CCCNc1cnc(C(=O)Nc2cn(C)nc2CC)cn1. The minimum Gasteiger partial charge on any atom is -0.369 e. The van der Waals surface area contributed by atoms with Crippen LogP contribution in [0.1, 0.15) is 36.5 Å². The Balaban J connectivity index is 2.06. The molecule has 21 heavy (non-hydrogen) atoms. The van der Waals surface area contributed by atoms with E-state index in [-0.39, 0.29) is 11.6 Å². The second-order valence-corrected chi connectivity index (χ2v) is 4.68. The van der Waals surface area contributed by atoms with Gasteiger partial charge in [-0.1, -0.05) is 13.8 Å². The highest BCUT2D eigenvalue weighted by Gasteiger charge is 2.12. The molecule has 0 aromatic carbocycles. The Morgan fingerprint density at radius 3 is 2.71 bits per heavy atom. The van der Waals surface area contributed by atoms with Crippen LogP contribution in [0.15, 0.2) is 18.6 Å². The highest BCUT2D eigenvalue weighted by atomic mass is 16.1. The molecule has 2 heterocycles. The zero-order chi connectivity index (χ0) is 15.2. The molecule has 2 aromatic heterocycles. The van der Waals surface area contributed by atoms with E-state index in [1.165, 1.54) is 6.20 Å². The van der Waals surface area contributed by atoms with Crippen molar-refractivity contribution < 1.29 is 4.79 Å². The van der Waals surface area contributed by atoms with Crippen LogP contribution >= 0.6 is 0 Å². The van der Waals surface area contributed by atoms with Gasteiger partial charge in [-0.15, -0.1) is 0 Å². The van der Waals surface area contributed by atoms with Gasteiger partial charge >= 0.3 is 0 Å². The average Bonchev–Trinajstić information content (AvgIpc) is 2.85. The van der Waals surface area contributed by atoms with Crippen molar-refractivity contribution in [3.8, 4) is 0 Å². The molecule has 2 aromatic rings. The third kappa shape index (κ3) is 3.77. The van der Waals surface area contributed by atoms with Crippen molar-refractivity contribution in [3.05, 3.63) is 30.0 Å². The number of carbonyl (C=O) groups is 1. The van der Waals surface area contributed by atoms with Crippen molar-refractivity contribution in [2.24, 2.45) is 7.05 Å². The molecule has 0 atom stereocenters. The molecule has 0 saturated heterocycles. The van der Waals surface area contributed by atoms with Gasteiger partial charge in [0.15, 0.2) is 0 Å². The largest absolute Gasteiger partial charge is 0.369 e. The Hall–Kier alpha value is -2.44. The summed E-state index contributed by atoms with van der Waals surface area (Å²) in [5.41, 5.74) is 1.84. The Morgan fingerprint density at radius 1 is 1.29 bits per heavy atom. The fourth-order valence-corrected chi connectivity index (χ4v) is 1.88. The Bertz CT molecular complexity index is 604. The van der Waals surface area contributed by atoms with Gasteiger partial charge in [-0.25, -0.2) is 9.97 Å². The fourth-order valence-electron chi connectivity index (χ4n) is 1.88. The molecule has 1 amide bonds. The molecule has 0 fully saturated rings. The predicted molar refractivity (Wildman–Crippen MR) is 81.4 cm³/mol. The highest BCUT2D eigenvalue weighted by molar-refractivity contribution is 6.02. The summed E-state index contributed by atoms with van der Waals surface area (Å²) in [6.45, 7) is 4.89. The number of rotatable bonds is 6. The predicted octanol–water partition coefficient (Wildman–Crippen LogP) is 1.85. The van der Waals surface area contributed by atoms with E-state index in [1.807, 2.05) is 14.0 Å². The van der Waals surface area contributed by atoms with E-state index in [2.05, 4.69) is 32.6 Å². The van der Waals surface area contributed by atoms with Gasteiger partial charge in [-0.2, -0.15) is 5.10 Å². The molecule has 112 valence electrons. The second-order valence-electron chi connectivity index (χ2n) is 4.68. The van der Waals surface area contributed by atoms with Crippen molar-refractivity contribution in [2.75, 3.05) is 17.2 Å². The zero-order valence-electron chi connectivity index (χ0n) is 12.6. The van der Waals surface area contributed by atoms with Crippen molar-refractivity contribution in [1.29, 1.82) is 0 Å². The molecule has 0 spiro atoms. The van der Waals surface area contributed by atoms with Crippen molar-refractivity contribution >= 4 is 17.4 Å². The van der Waals surface area contributed by atoms with Gasteiger partial charge in [0.05, 0.1) is 23.8 Å². The number of nitrogens with one attached hydrogen (secondary N) is 2. The number of aromatic nitrogens is 4. The molecular weight excluding hydrogens is 268 g/mol. The molecule has 0 aliphatic heterocycles. The Morgan fingerprint density at radius 2 is 2.10 bits per heavy atom. The van der Waals surface area contributed by atoms with Crippen LogP contribution < -0.4 is 10.6 Å². The van der Waals surface area contributed by atoms with Crippen LogP contribution in [0, 0.1) is 0 Å². The second kappa shape index (κ2) is 6.83. The van der Waals surface area contributed by atoms with E-state index < -0.39 is 0 Å². The number of anilines is 2. The quantitative estimate of drug-likeness (QED) is 0.847. The van der Waals surface area contributed by atoms with Crippen LogP contribution in [0.3, 0.4) is 0 Å². The molecule has 0 saturated carbocycles. The maximum Gasteiger partial charge on any atom is 0.275 e. The van der Waals surface area contributed by atoms with Crippen molar-refractivity contribution in [3.63, 3.8) is 0 Å². The first kappa shape index (κ1) is 15.0. The van der Waals surface area contributed by atoms with Crippen LogP contribution in [-0.2, 0) is 13.5 Å². The number of nitrogens with zero attached hydrogens (tertiary/aromatic N) is 4. The Kier molecular flexibility index (Phi) is 4.86. The molecule has 2 rings (SSSR count). The highest BCUT2D eigenvalue weighted by Crippen LogP contribution is 2.14. The zero-order valence-corrected chi connectivity index (χ0v) is 12.6. The number of hydrogen-bond acceptors (Lipinski definition) is 5. The minimum atomic E-state index is -0.285.